The fourth-order valence-corrected chi connectivity index (χ4v) is 3.39. The average Bonchev–Trinajstić information content (AvgIpc) is 2.88. The highest BCUT2D eigenvalue weighted by Gasteiger charge is 2.17. The van der Waals surface area contributed by atoms with Gasteiger partial charge in [-0.15, -0.1) is 0 Å². The number of hydrogen-bond donors (Lipinski definition) is 1. The minimum absolute atomic E-state index is 0.686. The summed E-state index contributed by atoms with van der Waals surface area (Å²) in [6, 6.07) is 8.52. The van der Waals surface area contributed by atoms with E-state index in [-0.39, 0.29) is 0 Å². The van der Waals surface area contributed by atoms with Crippen molar-refractivity contribution in [1.29, 1.82) is 0 Å². The summed E-state index contributed by atoms with van der Waals surface area (Å²) >= 11 is 0. The normalized spacial score (nSPS) is 19.6. The lowest BCUT2D eigenvalue weighted by atomic mass is 9.89. The van der Waals surface area contributed by atoms with Gasteiger partial charge in [0.15, 0.2) is 0 Å². The molecule has 102 valence electrons. The van der Waals surface area contributed by atoms with E-state index in [1.807, 2.05) is 0 Å². The van der Waals surface area contributed by atoms with Crippen LogP contribution in [0.5, 0.6) is 0 Å². The van der Waals surface area contributed by atoms with Gasteiger partial charge in [-0.05, 0) is 18.9 Å². The van der Waals surface area contributed by atoms with Gasteiger partial charge in [-0.3, -0.25) is 5.10 Å². The molecule has 1 aromatic carbocycles. The van der Waals surface area contributed by atoms with Gasteiger partial charge in [-0.1, -0.05) is 63.1 Å². The first-order chi connectivity index (χ1) is 9.45. The van der Waals surface area contributed by atoms with Crippen LogP contribution in [0.1, 0.15) is 69.4 Å². The molecule has 1 fully saturated rings. The van der Waals surface area contributed by atoms with Crippen LogP contribution in [0, 0.1) is 0 Å². The molecule has 1 N–H and O–H groups in total. The molecule has 0 saturated heterocycles. The third kappa shape index (κ3) is 2.99. The summed E-state index contributed by atoms with van der Waals surface area (Å²) in [6.45, 7) is 0. The molecule has 0 radical (unpaired) electrons. The molecule has 0 spiro atoms. The lowest BCUT2D eigenvalue weighted by molar-refractivity contribution is 0.458. The van der Waals surface area contributed by atoms with E-state index >= 15 is 0 Å². The topological polar surface area (TPSA) is 28.7 Å². The van der Waals surface area contributed by atoms with Crippen LogP contribution >= 0.6 is 0 Å². The van der Waals surface area contributed by atoms with E-state index in [1.165, 1.54) is 68.9 Å². The molecular formula is C17H24N2. The zero-order valence-electron chi connectivity index (χ0n) is 11.7. The summed E-state index contributed by atoms with van der Waals surface area (Å²) in [4.78, 5) is 0. The van der Waals surface area contributed by atoms with Crippen molar-refractivity contribution < 1.29 is 0 Å². The maximum atomic E-state index is 4.46. The van der Waals surface area contributed by atoms with Crippen molar-refractivity contribution in [2.75, 3.05) is 0 Å². The molecule has 2 heteroatoms. The van der Waals surface area contributed by atoms with E-state index < -0.39 is 0 Å². The van der Waals surface area contributed by atoms with Gasteiger partial charge in [0.2, 0.25) is 0 Å². The summed E-state index contributed by atoms with van der Waals surface area (Å²) in [6.07, 6.45) is 12.5. The zero-order chi connectivity index (χ0) is 12.9. The van der Waals surface area contributed by atoms with Crippen LogP contribution in [0.4, 0.5) is 0 Å². The van der Waals surface area contributed by atoms with Gasteiger partial charge >= 0.3 is 0 Å². The molecule has 1 saturated carbocycles. The Labute approximate surface area is 115 Å². The van der Waals surface area contributed by atoms with Crippen LogP contribution in [0.15, 0.2) is 24.3 Å². The Morgan fingerprint density at radius 1 is 0.842 bits per heavy atom. The number of aromatic nitrogens is 2. The standard InChI is InChI=1S/C17H24N2/c1-2-4-6-10-14(11-7-5-3-1)17-15-12-8-9-13-16(15)18-19-17/h8-9,12-14H,1-7,10-11H2,(H,18,19). The van der Waals surface area contributed by atoms with Crippen molar-refractivity contribution >= 4 is 10.9 Å². The maximum Gasteiger partial charge on any atom is 0.0923 e. The first-order valence-corrected chi connectivity index (χ1v) is 7.88. The van der Waals surface area contributed by atoms with E-state index in [0.717, 1.165) is 5.52 Å². The van der Waals surface area contributed by atoms with Gasteiger partial charge in [0, 0.05) is 17.0 Å². The molecule has 1 heterocycles. The van der Waals surface area contributed by atoms with E-state index in [2.05, 4.69) is 34.5 Å². The Balaban J connectivity index is 1.81. The largest absolute Gasteiger partial charge is 0.281 e. The monoisotopic (exact) mass is 256 g/mol. The van der Waals surface area contributed by atoms with Crippen LogP contribution in [-0.4, -0.2) is 10.2 Å². The molecule has 0 unspecified atom stereocenters. The van der Waals surface area contributed by atoms with Gasteiger partial charge in [0.25, 0.3) is 0 Å². The number of benzene rings is 1. The number of rotatable bonds is 1. The third-order valence-corrected chi connectivity index (χ3v) is 4.50. The number of hydrogen-bond acceptors (Lipinski definition) is 1. The lowest BCUT2D eigenvalue weighted by Gasteiger charge is -2.17. The summed E-state index contributed by atoms with van der Waals surface area (Å²) in [5.41, 5.74) is 2.51. The second-order valence-electron chi connectivity index (χ2n) is 5.90. The van der Waals surface area contributed by atoms with Gasteiger partial charge in [0.05, 0.1) is 5.52 Å². The summed E-state index contributed by atoms with van der Waals surface area (Å²) in [7, 11) is 0. The highest BCUT2D eigenvalue weighted by Crippen LogP contribution is 2.32. The molecule has 0 amide bonds. The average molecular weight is 256 g/mol. The fraction of sp³-hybridized carbons (Fsp3) is 0.588. The number of fused-ring (bicyclic) bond motifs is 1. The Hall–Kier alpha value is -1.31. The first-order valence-electron chi connectivity index (χ1n) is 7.88. The first kappa shape index (κ1) is 12.7. The zero-order valence-corrected chi connectivity index (χ0v) is 11.7. The number of nitrogens with one attached hydrogen (secondary N) is 1. The Morgan fingerprint density at radius 3 is 2.21 bits per heavy atom. The van der Waals surface area contributed by atoms with Crippen molar-refractivity contribution in [1.82, 2.24) is 10.2 Å². The van der Waals surface area contributed by atoms with Crippen LogP contribution in [0.2, 0.25) is 0 Å². The van der Waals surface area contributed by atoms with E-state index in [4.69, 9.17) is 0 Å². The van der Waals surface area contributed by atoms with E-state index in [0.29, 0.717) is 5.92 Å². The van der Waals surface area contributed by atoms with Crippen molar-refractivity contribution in [3.8, 4) is 0 Å². The van der Waals surface area contributed by atoms with Gasteiger partial charge in [0.1, 0.15) is 0 Å². The Kier molecular flexibility index (Phi) is 4.16. The summed E-state index contributed by atoms with van der Waals surface area (Å²) < 4.78 is 0. The highest BCUT2D eigenvalue weighted by molar-refractivity contribution is 5.81. The molecule has 19 heavy (non-hydrogen) atoms. The number of aromatic amines is 1. The molecule has 1 aromatic heterocycles. The highest BCUT2D eigenvalue weighted by atomic mass is 15.1. The molecule has 0 atom stereocenters. The molecule has 3 rings (SSSR count). The smallest absolute Gasteiger partial charge is 0.0923 e. The molecule has 0 bridgehead atoms. The molecular weight excluding hydrogens is 232 g/mol. The summed E-state index contributed by atoms with van der Waals surface area (Å²) in [5.74, 6) is 0.686. The fourth-order valence-electron chi connectivity index (χ4n) is 3.39. The van der Waals surface area contributed by atoms with Crippen molar-refractivity contribution in [2.24, 2.45) is 0 Å². The lowest BCUT2D eigenvalue weighted by Crippen LogP contribution is -2.02. The quantitative estimate of drug-likeness (QED) is 0.749. The van der Waals surface area contributed by atoms with Crippen molar-refractivity contribution in [3.05, 3.63) is 30.0 Å². The number of para-hydroxylation sites is 1. The second kappa shape index (κ2) is 6.23. The van der Waals surface area contributed by atoms with E-state index in [9.17, 15) is 0 Å². The SMILES string of the molecule is c1ccc2c(C3CCCCCCCCC3)[nH]nc2c1. The van der Waals surface area contributed by atoms with Crippen LogP contribution in [0.3, 0.4) is 0 Å². The Bertz CT molecular complexity index is 505. The Morgan fingerprint density at radius 2 is 1.47 bits per heavy atom. The predicted octanol–water partition coefficient (Wildman–Crippen LogP) is 5.17. The number of nitrogens with zero attached hydrogens (tertiary/aromatic N) is 1. The summed E-state index contributed by atoms with van der Waals surface area (Å²) in [5, 5.41) is 9.12. The van der Waals surface area contributed by atoms with Crippen molar-refractivity contribution in [3.63, 3.8) is 0 Å². The minimum Gasteiger partial charge on any atom is -0.281 e. The van der Waals surface area contributed by atoms with Gasteiger partial charge in [-0.2, -0.15) is 5.10 Å². The molecule has 0 aliphatic heterocycles. The van der Waals surface area contributed by atoms with Crippen LogP contribution < -0.4 is 0 Å². The maximum absolute atomic E-state index is 4.46. The molecule has 2 aromatic rings. The molecule has 2 nitrogen and oxygen atoms in total. The third-order valence-electron chi connectivity index (χ3n) is 4.50. The van der Waals surface area contributed by atoms with Crippen LogP contribution in [-0.2, 0) is 0 Å². The van der Waals surface area contributed by atoms with Gasteiger partial charge < -0.3 is 0 Å². The second-order valence-corrected chi connectivity index (χ2v) is 5.90. The van der Waals surface area contributed by atoms with Crippen molar-refractivity contribution in [2.45, 2.75) is 63.7 Å². The predicted molar refractivity (Wildman–Crippen MR) is 80.4 cm³/mol. The number of H-pyrrole nitrogens is 1. The minimum atomic E-state index is 0.686. The molecule has 1 aliphatic rings. The van der Waals surface area contributed by atoms with Crippen LogP contribution in [0.25, 0.3) is 10.9 Å². The van der Waals surface area contributed by atoms with Gasteiger partial charge in [-0.25, -0.2) is 0 Å². The van der Waals surface area contributed by atoms with E-state index in [1.54, 1.807) is 0 Å². The molecule has 1 aliphatic carbocycles.